The highest BCUT2D eigenvalue weighted by Crippen LogP contribution is 2.18. The zero-order valence-corrected chi connectivity index (χ0v) is 10.1. The lowest BCUT2D eigenvalue weighted by molar-refractivity contribution is 0.167. The third kappa shape index (κ3) is 3.84. The second kappa shape index (κ2) is 6.51. The van der Waals surface area contributed by atoms with E-state index in [9.17, 15) is 4.79 Å². The first-order chi connectivity index (χ1) is 7.67. The van der Waals surface area contributed by atoms with Gasteiger partial charge in [0, 0.05) is 19.2 Å². The predicted octanol–water partition coefficient (Wildman–Crippen LogP) is 0.861. The molecule has 1 aromatic heterocycles. The van der Waals surface area contributed by atoms with Gasteiger partial charge >= 0.3 is 6.03 Å². The number of aliphatic hydroxyl groups is 2. The first-order valence-corrected chi connectivity index (χ1v) is 5.49. The third-order valence-corrected chi connectivity index (χ3v) is 2.26. The van der Waals surface area contributed by atoms with Crippen molar-refractivity contribution in [3.05, 3.63) is 16.8 Å². The van der Waals surface area contributed by atoms with Crippen molar-refractivity contribution in [2.75, 3.05) is 31.6 Å². The lowest BCUT2D eigenvalue weighted by Crippen LogP contribution is -2.38. The average molecular weight is 293 g/mol. The molecule has 0 aliphatic rings. The summed E-state index contributed by atoms with van der Waals surface area (Å²) in [6.45, 7) is 0.00703. The number of nitrogens with one attached hydrogen (secondary N) is 1. The molecule has 2 amide bonds. The van der Waals surface area contributed by atoms with Crippen molar-refractivity contribution < 1.29 is 19.4 Å². The Morgan fingerprint density at radius 1 is 1.38 bits per heavy atom. The Hall–Kier alpha value is -1.05. The van der Waals surface area contributed by atoms with Crippen molar-refractivity contribution in [3.8, 4) is 0 Å². The van der Waals surface area contributed by atoms with Crippen molar-refractivity contribution in [2.45, 2.75) is 0 Å². The van der Waals surface area contributed by atoms with Gasteiger partial charge in [0.05, 0.1) is 13.2 Å². The first kappa shape index (κ1) is 13.0. The normalized spacial score (nSPS) is 10.2. The van der Waals surface area contributed by atoms with E-state index in [1.807, 2.05) is 0 Å². The number of hydrogen-bond acceptors (Lipinski definition) is 4. The molecule has 16 heavy (non-hydrogen) atoms. The number of furan rings is 1. The van der Waals surface area contributed by atoms with Crippen LogP contribution in [0.1, 0.15) is 0 Å². The summed E-state index contributed by atoms with van der Waals surface area (Å²) in [5, 5.41) is 20.0. The Morgan fingerprint density at radius 2 is 2.00 bits per heavy atom. The van der Waals surface area contributed by atoms with Crippen LogP contribution in [-0.4, -0.2) is 47.4 Å². The minimum Gasteiger partial charge on any atom is -0.434 e. The van der Waals surface area contributed by atoms with E-state index in [4.69, 9.17) is 14.6 Å². The van der Waals surface area contributed by atoms with Gasteiger partial charge < -0.3 is 19.5 Å². The fourth-order valence-corrected chi connectivity index (χ4v) is 1.43. The maximum atomic E-state index is 11.6. The van der Waals surface area contributed by atoms with Crippen LogP contribution in [0, 0.1) is 0 Å². The van der Waals surface area contributed by atoms with Crippen molar-refractivity contribution in [1.82, 2.24) is 4.90 Å². The van der Waals surface area contributed by atoms with Gasteiger partial charge in [-0.2, -0.15) is 0 Å². The van der Waals surface area contributed by atoms with Crippen molar-refractivity contribution in [2.24, 2.45) is 0 Å². The van der Waals surface area contributed by atoms with E-state index in [1.54, 1.807) is 12.1 Å². The lowest BCUT2D eigenvalue weighted by Gasteiger charge is -2.20. The first-order valence-electron chi connectivity index (χ1n) is 4.70. The second-order valence-electron chi connectivity index (χ2n) is 2.97. The number of aliphatic hydroxyl groups excluding tert-OH is 2. The van der Waals surface area contributed by atoms with Gasteiger partial charge in [-0.3, -0.25) is 5.32 Å². The molecule has 1 aromatic rings. The number of carbonyl (C=O) groups is 1. The number of halogens is 1. The van der Waals surface area contributed by atoms with Gasteiger partial charge in [-0.05, 0) is 22.0 Å². The van der Waals surface area contributed by atoms with Gasteiger partial charge in [-0.25, -0.2) is 4.79 Å². The molecule has 7 heteroatoms. The number of urea groups is 1. The summed E-state index contributed by atoms with van der Waals surface area (Å²) in [5.41, 5.74) is 0. The van der Waals surface area contributed by atoms with Crippen LogP contribution >= 0.6 is 15.9 Å². The molecule has 0 saturated heterocycles. The SMILES string of the molecule is O=C(Nc1ccc(Br)o1)N(CCO)CCO. The minimum absolute atomic E-state index is 0.157. The van der Waals surface area contributed by atoms with E-state index in [2.05, 4.69) is 21.2 Å². The zero-order valence-electron chi connectivity index (χ0n) is 8.52. The van der Waals surface area contributed by atoms with Gasteiger partial charge in [0.1, 0.15) is 0 Å². The lowest BCUT2D eigenvalue weighted by atomic mass is 10.5. The van der Waals surface area contributed by atoms with E-state index >= 15 is 0 Å². The predicted molar refractivity (Wildman–Crippen MR) is 61.2 cm³/mol. The van der Waals surface area contributed by atoms with E-state index in [1.165, 1.54) is 4.90 Å². The molecule has 0 unspecified atom stereocenters. The van der Waals surface area contributed by atoms with Crippen LogP contribution in [0.15, 0.2) is 21.2 Å². The molecule has 0 bridgehead atoms. The van der Waals surface area contributed by atoms with Crippen LogP contribution in [0.5, 0.6) is 0 Å². The average Bonchev–Trinajstić information content (AvgIpc) is 2.63. The van der Waals surface area contributed by atoms with Crippen LogP contribution in [0.25, 0.3) is 0 Å². The second-order valence-corrected chi connectivity index (χ2v) is 3.75. The number of anilines is 1. The van der Waals surface area contributed by atoms with Gasteiger partial charge in [0.2, 0.25) is 5.88 Å². The molecule has 1 rings (SSSR count). The Bertz CT molecular complexity index is 336. The summed E-state index contributed by atoms with van der Waals surface area (Å²) >= 11 is 3.11. The molecule has 0 radical (unpaired) electrons. The fraction of sp³-hybridized carbons (Fsp3) is 0.444. The molecule has 1 heterocycles. The molecular weight excluding hydrogens is 280 g/mol. The van der Waals surface area contributed by atoms with Crippen LogP contribution < -0.4 is 5.32 Å². The van der Waals surface area contributed by atoms with E-state index in [-0.39, 0.29) is 26.3 Å². The molecule has 0 aromatic carbocycles. The summed E-state index contributed by atoms with van der Waals surface area (Å²) in [5.74, 6) is 0.303. The van der Waals surface area contributed by atoms with Gasteiger partial charge in [-0.15, -0.1) is 0 Å². The van der Waals surface area contributed by atoms with Crippen molar-refractivity contribution in [3.63, 3.8) is 0 Å². The largest absolute Gasteiger partial charge is 0.434 e. The Kier molecular flexibility index (Phi) is 5.30. The number of carbonyl (C=O) groups excluding carboxylic acids is 1. The summed E-state index contributed by atoms with van der Waals surface area (Å²) < 4.78 is 5.61. The van der Waals surface area contributed by atoms with Crippen LogP contribution in [-0.2, 0) is 0 Å². The molecular formula is C9H13BrN2O4. The topological polar surface area (TPSA) is 85.9 Å². The molecule has 0 spiro atoms. The van der Waals surface area contributed by atoms with Gasteiger partial charge in [-0.1, -0.05) is 0 Å². The Morgan fingerprint density at radius 3 is 2.44 bits per heavy atom. The molecule has 0 fully saturated rings. The number of hydrogen-bond donors (Lipinski definition) is 3. The fourth-order valence-electron chi connectivity index (χ4n) is 1.12. The maximum Gasteiger partial charge on any atom is 0.324 e. The summed E-state index contributed by atoms with van der Waals surface area (Å²) in [7, 11) is 0. The van der Waals surface area contributed by atoms with Crippen LogP contribution in [0.2, 0.25) is 0 Å². The highest BCUT2D eigenvalue weighted by Gasteiger charge is 2.13. The zero-order chi connectivity index (χ0) is 12.0. The number of amides is 2. The third-order valence-electron chi connectivity index (χ3n) is 1.83. The molecule has 3 N–H and O–H groups in total. The van der Waals surface area contributed by atoms with Crippen molar-refractivity contribution >= 4 is 27.8 Å². The minimum atomic E-state index is -0.426. The monoisotopic (exact) mass is 292 g/mol. The Labute approximate surface area is 101 Å². The van der Waals surface area contributed by atoms with Crippen molar-refractivity contribution in [1.29, 1.82) is 0 Å². The maximum absolute atomic E-state index is 11.6. The molecule has 0 atom stereocenters. The molecule has 0 saturated carbocycles. The smallest absolute Gasteiger partial charge is 0.324 e. The summed E-state index contributed by atoms with van der Waals surface area (Å²) in [4.78, 5) is 12.9. The molecule has 6 nitrogen and oxygen atoms in total. The molecule has 0 aliphatic heterocycles. The summed E-state index contributed by atoms with van der Waals surface area (Å²) in [6, 6.07) is 2.82. The van der Waals surface area contributed by atoms with E-state index in [0.717, 1.165) is 0 Å². The van der Waals surface area contributed by atoms with Crippen LogP contribution in [0.3, 0.4) is 0 Å². The quantitative estimate of drug-likeness (QED) is 0.751. The molecule has 0 aliphatic carbocycles. The van der Waals surface area contributed by atoms with Gasteiger partial charge in [0.25, 0.3) is 0 Å². The number of rotatable bonds is 5. The summed E-state index contributed by atoms with van der Waals surface area (Å²) in [6.07, 6.45) is 0. The molecule has 90 valence electrons. The van der Waals surface area contributed by atoms with E-state index < -0.39 is 6.03 Å². The standard InChI is InChI=1S/C9H13BrN2O4/c10-7-1-2-8(16-7)11-9(15)12(3-5-13)4-6-14/h1-2,13-14H,3-6H2,(H,11,15). The Balaban J connectivity index is 2.54. The highest BCUT2D eigenvalue weighted by atomic mass is 79.9. The number of nitrogens with zero attached hydrogens (tertiary/aromatic N) is 1. The van der Waals surface area contributed by atoms with E-state index in [0.29, 0.717) is 10.6 Å². The van der Waals surface area contributed by atoms with Crippen LogP contribution in [0.4, 0.5) is 10.7 Å². The van der Waals surface area contributed by atoms with Gasteiger partial charge in [0.15, 0.2) is 4.67 Å². The highest BCUT2D eigenvalue weighted by molar-refractivity contribution is 9.10.